The van der Waals surface area contributed by atoms with Crippen LogP contribution in [0.25, 0.3) is 0 Å². The second-order valence-electron chi connectivity index (χ2n) is 8.73. The van der Waals surface area contributed by atoms with Gasteiger partial charge < -0.3 is 49.6 Å². The molecular weight excluding hydrogens is 424 g/mol. The molecule has 0 aromatic heterocycles. The molecule has 32 heavy (non-hydrogen) atoms. The van der Waals surface area contributed by atoms with Crippen LogP contribution >= 0.6 is 0 Å². The van der Waals surface area contributed by atoms with E-state index in [0.29, 0.717) is 0 Å². The van der Waals surface area contributed by atoms with Gasteiger partial charge in [-0.3, -0.25) is 0 Å². The summed E-state index contributed by atoms with van der Waals surface area (Å²) in [6.07, 6.45) is -7.28. The lowest BCUT2D eigenvalue weighted by molar-refractivity contribution is -0.326. The lowest BCUT2D eigenvalue weighted by atomic mass is 9.98. The number of ether oxygens (including phenoxy) is 4. The molecule has 0 spiro atoms. The van der Waals surface area contributed by atoms with Crippen LogP contribution in [0.5, 0.6) is 0 Å². The van der Waals surface area contributed by atoms with Gasteiger partial charge in [0.2, 0.25) is 0 Å². The normalized spacial score (nSPS) is 40.9. The highest BCUT2D eigenvalue weighted by atomic mass is 16.7. The average molecular weight is 463 g/mol. The summed E-state index contributed by atoms with van der Waals surface area (Å²) in [5.74, 6) is 0. The van der Waals surface area contributed by atoms with Crippen molar-refractivity contribution in [3.05, 3.63) is 23.3 Å². The largest absolute Gasteiger partial charge is 0.388 e. The average Bonchev–Trinajstić information content (AvgIpc) is 2.74. The number of allylic oxidation sites excluding steroid dienone is 3. The summed E-state index contributed by atoms with van der Waals surface area (Å²) < 4.78 is 21.9. The van der Waals surface area contributed by atoms with Crippen LogP contribution in [0.2, 0.25) is 0 Å². The summed E-state index contributed by atoms with van der Waals surface area (Å²) in [4.78, 5) is 0. The minimum Gasteiger partial charge on any atom is -0.388 e. The van der Waals surface area contributed by atoms with Crippen LogP contribution in [-0.2, 0) is 18.9 Å². The fraction of sp³-hybridized carbons (Fsp3) is 0.818. The van der Waals surface area contributed by atoms with Gasteiger partial charge in [0.1, 0.15) is 42.7 Å². The molecular formula is C22H38O10. The van der Waals surface area contributed by atoms with E-state index in [4.69, 9.17) is 18.9 Å². The highest BCUT2D eigenvalue weighted by Crippen LogP contribution is 2.26. The molecule has 0 amide bonds. The second-order valence-corrected chi connectivity index (χ2v) is 8.73. The van der Waals surface area contributed by atoms with E-state index in [1.807, 2.05) is 26.8 Å². The van der Waals surface area contributed by atoms with Gasteiger partial charge in [-0.25, -0.2) is 0 Å². The minimum atomic E-state index is -1.53. The Morgan fingerprint density at radius 2 is 1.34 bits per heavy atom. The summed E-state index contributed by atoms with van der Waals surface area (Å²) in [5.41, 5.74) is 2.35. The SMILES string of the molecule is CC(C)=CCCC(C)=CCO[C@@H]1O[C@H](CO[C@@H]2O[C@@H](C)[C@H](O)[C@@H](O)[C@H]2O)[C@@H](O)[C@H](O)[C@H]1O. The van der Waals surface area contributed by atoms with E-state index in [2.05, 4.69) is 6.08 Å². The summed E-state index contributed by atoms with van der Waals surface area (Å²) >= 11 is 0. The van der Waals surface area contributed by atoms with Crippen molar-refractivity contribution < 1.29 is 49.6 Å². The topological polar surface area (TPSA) is 158 Å². The van der Waals surface area contributed by atoms with Crippen molar-refractivity contribution in [3.8, 4) is 0 Å². The number of aliphatic hydroxyl groups excluding tert-OH is 6. The molecule has 0 aromatic carbocycles. The van der Waals surface area contributed by atoms with Gasteiger partial charge in [-0.1, -0.05) is 23.3 Å². The third-order valence-corrected chi connectivity index (χ3v) is 5.69. The van der Waals surface area contributed by atoms with Crippen molar-refractivity contribution in [2.24, 2.45) is 0 Å². The van der Waals surface area contributed by atoms with Gasteiger partial charge in [0.05, 0.1) is 19.3 Å². The molecule has 0 aliphatic carbocycles. The molecule has 2 heterocycles. The first-order valence-electron chi connectivity index (χ1n) is 10.9. The zero-order valence-corrected chi connectivity index (χ0v) is 19.1. The second kappa shape index (κ2) is 12.5. The minimum absolute atomic E-state index is 0.144. The van der Waals surface area contributed by atoms with E-state index in [-0.39, 0.29) is 13.2 Å². The number of hydrogen-bond acceptors (Lipinski definition) is 10. The van der Waals surface area contributed by atoms with Crippen molar-refractivity contribution in [3.63, 3.8) is 0 Å². The highest BCUT2D eigenvalue weighted by molar-refractivity contribution is 5.02. The van der Waals surface area contributed by atoms with Crippen molar-refractivity contribution in [1.29, 1.82) is 0 Å². The summed E-state index contributed by atoms with van der Waals surface area (Å²) in [5, 5.41) is 60.3. The molecule has 0 unspecified atom stereocenters. The van der Waals surface area contributed by atoms with Crippen molar-refractivity contribution in [2.45, 2.75) is 102 Å². The molecule has 0 radical (unpaired) electrons. The van der Waals surface area contributed by atoms with Crippen LogP contribution < -0.4 is 0 Å². The molecule has 2 aliphatic rings. The maximum atomic E-state index is 10.2. The van der Waals surface area contributed by atoms with Gasteiger partial charge in [-0.05, 0) is 40.5 Å². The van der Waals surface area contributed by atoms with E-state index in [1.165, 1.54) is 12.5 Å². The van der Waals surface area contributed by atoms with Gasteiger partial charge in [0.25, 0.3) is 0 Å². The smallest absolute Gasteiger partial charge is 0.187 e. The van der Waals surface area contributed by atoms with E-state index in [0.717, 1.165) is 18.4 Å². The maximum Gasteiger partial charge on any atom is 0.187 e. The van der Waals surface area contributed by atoms with Crippen molar-refractivity contribution in [2.75, 3.05) is 13.2 Å². The lowest BCUT2D eigenvalue weighted by Crippen LogP contribution is -2.61. The number of hydrogen-bond donors (Lipinski definition) is 6. The molecule has 0 aromatic rings. The maximum absolute atomic E-state index is 10.2. The summed E-state index contributed by atoms with van der Waals surface area (Å²) in [7, 11) is 0. The molecule has 2 rings (SSSR count). The van der Waals surface area contributed by atoms with Gasteiger partial charge in [0, 0.05) is 0 Å². The Bertz CT molecular complexity index is 634. The fourth-order valence-electron chi connectivity index (χ4n) is 3.51. The van der Waals surface area contributed by atoms with E-state index in [1.54, 1.807) is 0 Å². The van der Waals surface area contributed by atoms with Crippen LogP contribution in [0.3, 0.4) is 0 Å². The van der Waals surface area contributed by atoms with Gasteiger partial charge >= 0.3 is 0 Å². The highest BCUT2D eigenvalue weighted by Gasteiger charge is 2.46. The number of aliphatic hydroxyl groups is 6. The van der Waals surface area contributed by atoms with Gasteiger partial charge in [0.15, 0.2) is 12.6 Å². The Hall–Kier alpha value is -0.920. The Morgan fingerprint density at radius 3 is 1.97 bits per heavy atom. The molecule has 10 atom stereocenters. The number of rotatable bonds is 9. The van der Waals surface area contributed by atoms with E-state index in [9.17, 15) is 30.6 Å². The van der Waals surface area contributed by atoms with Crippen molar-refractivity contribution in [1.82, 2.24) is 0 Å². The molecule has 2 saturated heterocycles. The first-order chi connectivity index (χ1) is 15.0. The Labute approximate surface area is 188 Å². The zero-order valence-electron chi connectivity index (χ0n) is 19.1. The van der Waals surface area contributed by atoms with Crippen molar-refractivity contribution >= 4 is 0 Å². The molecule has 0 bridgehead atoms. The van der Waals surface area contributed by atoms with E-state index < -0.39 is 61.4 Å². The van der Waals surface area contributed by atoms with Crippen LogP contribution in [0.15, 0.2) is 23.3 Å². The first-order valence-corrected chi connectivity index (χ1v) is 10.9. The molecule has 6 N–H and O–H groups in total. The van der Waals surface area contributed by atoms with Crippen LogP contribution in [0.4, 0.5) is 0 Å². The molecule has 10 heteroatoms. The van der Waals surface area contributed by atoms with E-state index >= 15 is 0 Å². The summed E-state index contributed by atoms with van der Waals surface area (Å²) in [6.45, 7) is 7.39. The molecule has 10 nitrogen and oxygen atoms in total. The molecule has 2 aliphatic heterocycles. The predicted octanol–water partition coefficient (Wildman–Crippen LogP) is -0.653. The molecule has 186 valence electrons. The Kier molecular flexibility index (Phi) is 10.7. The third kappa shape index (κ3) is 7.29. The standard InChI is InChI=1S/C22H38O10/c1-11(2)6-5-7-12(3)8-9-29-21-20(28)18(26)16(24)14(32-21)10-30-22-19(27)17(25)15(23)13(4)31-22/h6,8,13-28H,5,7,9-10H2,1-4H3/t13-,14+,15-,16+,17+,18-,19+,20+,21+,22+/m0/s1. The summed E-state index contributed by atoms with van der Waals surface area (Å²) in [6, 6.07) is 0. The Balaban J connectivity index is 1.89. The van der Waals surface area contributed by atoms with Crippen LogP contribution in [-0.4, -0.2) is 105 Å². The van der Waals surface area contributed by atoms with Crippen LogP contribution in [0.1, 0.15) is 40.5 Å². The third-order valence-electron chi connectivity index (χ3n) is 5.69. The fourth-order valence-corrected chi connectivity index (χ4v) is 3.51. The first kappa shape index (κ1) is 27.3. The van der Waals surface area contributed by atoms with Crippen LogP contribution in [0, 0.1) is 0 Å². The lowest BCUT2D eigenvalue weighted by Gasteiger charge is -2.42. The van der Waals surface area contributed by atoms with Gasteiger partial charge in [-0.15, -0.1) is 0 Å². The molecule has 2 fully saturated rings. The molecule has 0 saturated carbocycles. The van der Waals surface area contributed by atoms with Gasteiger partial charge in [-0.2, -0.15) is 0 Å². The zero-order chi connectivity index (χ0) is 24.0. The predicted molar refractivity (Wildman–Crippen MR) is 113 cm³/mol. The monoisotopic (exact) mass is 462 g/mol. The quantitative estimate of drug-likeness (QED) is 0.243. The Morgan fingerprint density at radius 1 is 0.750 bits per heavy atom.